The second-order valence-electron chi connectivity index (χ2n) is 12.4. The largest absolute Gasteiger partial charge is 0.410 e. The van der Waals surface area contributed by atoms with Gasteiger partial charge in [-0.2, -0.15) is 0 Å². The van der Waals surface area contributed by atoms with Crippen LogP contribution in [0.4, 0.5) is 5.69 Å². The molecule has 192 valence electrons. The van der Waals surface area contributed by atoms with Crippen LogP contribution in [0.1, 0.15) is 118 Å². The van der Waals surface area contributed by atoms with Gasteiger partial charge in [-0.1, -0.05) is 89.6 Å². The molecule has 0 bridgehead atoms. The lowest BCUT2D eigenvalue weighted by molar-refractivity contribution is 0.344. The highest BCUT2D eigenvalue weighted by Crippen LogP contribution is 2.33. The van der Waals surface area contributed by atoms with Crippen molar-refractivity contribution >= 4 is 24.0 Å². The van der Waals surface area contributed by atoms with Crippen molar-refractivity contribution in [1.82, 2.24) is 4.81 Å². The molecule has 0 amide bonds. The molecule has 0 unspecified atom stereocenters. The van der Waals surface area contributed by atoms with Crippen molar-refractivity contribution in [3.05, 3.63) is 59.7 Å². The van der Waals surface area contributed by atoms with Gasteiger partial charge >= 0.3 is 6.98 Å². The molecule has 0 fully saturated rings. The van der Waals surface area contributed by atoms with E-state index in [1.54, 1.807) is 0 Å². The fourth-order valence-corrected chi connectivity index (χ4v) is 4.66. The van der Waals surface area contributed by atoms with E-state index in [0.717, 1.165) is 19.3 Å². The van der Waals surface area contributed by atoms with Crippen molar-refractivity contribution in [3.63, 3.8) is 0 Å². The Bertz CT molecular complexity index is 923. The van der Waals surface area contributed by atoms with Crippen molar-refractivity contribution in [1.29, 1.82) is 0 Å². The third kappa shape index (κ3) is 8.15. The van der Waals surface area contributed by atoms with Crippen molar-refractivity contribution in [2.24, 2.45) is 4.99 Å². The van der Waals surface area contributed by atoms with E-state index in [-0.39, 0.29) is 18.1 Å². The Kier molecular flexibility index (Phi) is 10.1. The summed E-state index contributed by atoms with van der Waals surface area (Å²) in [6.45, 7) is 24.9. The third-order valence-corrected chi connectivity index (χ3v) is 6.25. The Hall–Kier alpha value is -2.23. The van der Waals surface area contributed by atoms with E-state index in [2.05, 4.69) is 135 Å². The molecular formula is C31H50BN3. The summed E-state index contributed by atoms with van der Waals surface area (Å²) in [4.78, 5) is 7.86. The Morgan fingerprint density at radius 3 is 1.83 bits per heavy atom. The summed E-state index contributed by atoms with van der Waals surface area (Å²) < 4.78 is 0. The summed E-state index contributed by atoms with van der Waals surface area (Å²) in [5, 5.41) is 4.09. The number of amidine groups is 1. The van der Waals surface area contributed by atoms with Gasteiger partial charge in [-0.15, -0.1) is 0 Å². The van der Waals surface area contributed by atoms with Gasteiger partial charge in [-0.3, -0.25) is 4.99 Å². The molecule has 2 aromatic carbocycles. The molecule has 1 N–H and O–H groups in total. The number of nitrogens with one attached hydrogen (secondary N) is 1. The first-order valence-electron chi connectivity index (χ1n) is 13.6. The average Bonchev–Trinajstić information content (AvgIpc) is 2.75. The van der Waals surface area contributed by atoms with E-state index in [1.165, 1.54) is 28.1 Å². The summed E-state index contributed by atoms with van der Waals surface area (Å²) >= 11 is 0. The molecule has 0 saturated carbocycles. The highest BCUT2D eigenvalue weighted by atomic mass is 15.2. The molecular weight excluding hydrogens is 425 g/mol. The zero-order valence-electron chi connectivity index (χ0n) is 24.4. The normalized spacial score (nSPS) is 12.9. The highest BCUT2D eigenvalue weighted by molar-refractivity contribution is 6.76. The lowest BCUT2D eigenvalue weighted by Gasteiger charge is -2.44. The predicted molar refractivity (Wildman–Crippen MR) is 158 cm³/mol. The van der Waals surface area contributed by atoms with Gasteiger partial charge in [0.1, 0.15) is 0 Å². The van der Waals surface area contributed by atoms with Crippen LogP contribution >= 0.6 is 0 Å². The maximum Gasteiger partial charge on any atom is 0.410 e. The number of para-hydroxylation sites is 1. The van der Waals surface area contributed by atoms with Gasteiger partial charge in [0.25, 0.3) is 0 Å². The number of hydrogen-bond acceptors (Lipinski definition) is 2. The van der Waals surface area contributed by atoms with Crippen LogP contribution in [-0.2, 0) is 0 Å². The molecule has 0 atom stereocenters. The van der Waals surface area contributed by atoms with Crippen LogP contribution in [0, 0.1) is 0 Å². The quantitative estimate of drug-likeness (QED) is 0.225. The molecule has 0 saturated heterocycles. The van der Waals surface area contributed by atoms with Gasteiger partial charge < -0.3 is 10.0 Å². The van der Waals surface area contributed by atoms with Gasteiger partial charge in [0, 0.05) is 17.6 Å². The Morgan fingerprint density at radius 1 is 0.857 bits per heavy atom. The Labute approximate surface area is 216 Å². The summed E-state index contributed by atoms with van der Waals surface area (Å²) in [6.07, 6.45) is 3.25. The number of rotatable bonds is 9. The summed E-state index contributed by atoms with van der Waals surface area (Å²) in [6, 6.07) is 17.7. The van der Waals surface area contributed by atoms with E-state index < -0.39 is 0 Å². The number of unbranched alkanes of at least 4 members (excludes halogenated alkanes) is 1. The molecule has 4 heteroatoms. The molecule has 2 rings (SSSR count). The van der Waals surface area contributed by atoms with Gasteiger partial charge in [0.2, 0.25) is 0 Å². The lowest BCUT2D eigenvalue weighted by atomic mass is 9.62. The van der Waals surface area contributed by atoms with Crippen LogP contribution in [0.15, 0.2) is 53.5 Å². The SMILES string of the molecule is CCCCC(=NC(C)(C)C)N(B(Nc1c(C(C)C)cccc1C(C)C)c1ccccc1)C(C)(C)C. The van der Waals surface area contributed by atoms with E-state index >= 15 is 0 Å². The minimum atomic E-state index is -0.146. The predicted octanol–water partition coefficient (Wildman–Crippen LogP) is 8.23. The van der Waals surface area contributed by atoms with Crippen LogP contribution in [0.2, 0.25) is 0 Å². The average molecular weight is 476 g/mol. The van der Waals surface area contributed by atoms with Crippen molar-refractivity contribution < 1.29 is 0 Å². The number of benzene rings is 2. The number of hydrogen-bond donors (Lipinski definition) is 1. The number of anilines is 1. The van der Waals surface area contributed by atoms with Gasteiger partial charge in [0.15, 0.2) is 0 Å². The standard InChI is InChI=1S/C31H50BN3/c1-12-13-22-28(33-30(6,7)8)35(31(9,10)11)32(25-18-15-14-16-19-25)34-29-26(23(2)3)20-17-21-27(29)24(4)5/h14-21,23-24,34H,12-13,22H2,1-11H3. The van der Waals surface area contributed by atoms with E-state index in [0.29, 0.717) is 11.8 Å². The fraction of sp³-hybridized carbons (Fsp3) is 0.581. The van der Waals surface area contributed by atoms with E-state index in [9.17, 15) is 0 Å². The molecule has 3 nitrogen and oxygen atoms in total. The van der Waals surface area contributed by atoms with Crippen molar-refractivity contribution in [2.45, 2.75) is 118 Å². The minimum Gasteiger partial charge on any atom is -0.405 e. The van der Waals surface area contributed by atoms with Crippen molar-refractivity contribution in [3.8, 4) is 0 Å². The minimum absolute atomic E-state index is 0.0356. The van der Waals surface area contributed by atoms with Crippen LogP contribution in [0.25, 0.3) is 0 Å². The maximum absolute atomic E-state index is 5.32. The molecule has 0 aromatic heterocycles. The molecule has 0 aliphatic rings. The first kappa shape index (κ1) is 29.0. The zero-order valence-corrected chi connectivity index (χ0v) is 24.4. The number of nitrogens with zero attached hydrogens (tertiary/aromatic N) is 2. The topological polar surface area (TPSA) is 27.6 Å². The molecule has 0 aliphatic heterocycles. The third-order valence-electron chi connectivity index (χ3n) is 6.25. The monoisotopic (exact) mass is 475 g/mol. The molecule has 0 aliphatic carbocycles. The first-order valence-corrected chi connectivity index (χ1v) is 13.6. The zero-order chi connectivity index (χ0) is 26.4. The Balaban J connectivity index is 2.80. The smallest absolute Gasteiger partial charge is 0.405 e. The van der Waals surface area contributed by atoms with Crippen LogP contribution in [0.5, 0.6) is 0 Å². The summed E-state index contributed by atoms with van der Waals surface area (Å²) in [7, 11) is 0. The first-order chi connectivity index (χ1) is 16.3. The second kappa shape index (κ2) is 12.1. The van der Waals surface area contributed by atoms with Crippen LogP contribution in [0.3, 0.4) is 0 Å². The van der Waals surface area contributed by atoms with Crippen molar-refractivity contribution in [2.75, 3.05) is 5.23 Å². The van der Waals surface area contributed by atoms with Gasteiger partial charge in [-0.05, 0) is 76.4 Å². The van der Waals surface area contributed by atoms with Crippen LogP contribution < -0.4 is 10.7 Å². The molecule has 0 heterocycles. The highest BCUT2D eigenvalue weighted by Gasteiger charge is 2.38. The second-order valence-corrected chi connectivity index (χ2v) is 12.4. The molecule has 0 spiro atoms. The van der Waals surface area contributed by atoms with Crippen LogP contribution in [-0.4, -0.2) is 28.7 Å². The fourth-order valence-electron chi connectivity index (χ4n) is 4.66. The van der Waals surface area contributed by atoms with E-state index in [4.69, 9.17) is 4.99 Å². The lowest BCUT2D eigenvalue weighted by Crippen LogP contribution is -2.63. The van der Waals surface area contributed by atoms with Gasteiger partial charge in [-0.25, -0.2) is 0 Å². The number of aliphatic imine (C=N–C) groups is 1. The summed E-state index contributed by atoms with van der Waals surface area (Å²) in [5.41, 5.74) is 4.99. The maximum atomic E-state index is 5.32. The van der Waals surface area contributed by atoms with Gasteiger partial charge in [0.05, 0.1) is 11.4 Å². The molecule has 35 heavy (non-hydrogen) atoms. The molecule has 0 radical (unpaired) electrons. The van der Waals surface area contributed by atoms with E-state index in [1.807, 2.05) is 0 Å². The Morgan fingerprint density at radius 2 is 1.40 bits per heavy atom. The summed E-state index contributed by atoms with van der Waals surface area (Å²) in [5.74, 6) is 2.04. The molecule has 2 aromatic rings.